The Kier molecular flexibility index (Phi) is 7.45. The number of hydrogen-bond donors (Lipinski definition) is 5. The molecule has 6 unspecified atom stereocenters. The van der Waals surface area contributed by atoms with E-state index in [-0.39, 0.29) is 12.8 Å². The van der Waals surface area contributed by atoms with Crippen LogP contribution in [-0.2, 0) is 14.3 Å². The van der Waals surface area contributed by atoms with Gasteiger partial charge in [-0.05, 0) is 51.8 Å². The van der Waals surface area contributed by atoms with Crippen LogP contribution in [0.2, 0.25) is 10.0 Å². The van der Waals surface area contributed by atoms with Crippen LogP contribution in [0.15, 0.2) is 18.2 Å². The molecule has 0 aliphatic heterocycles. The molecule has 2 fully saturated rings. The Balaban J connectivity index is 2.01. The van der Waals surface area contributed by atoms with Crippen molar-refractivity contribution >= 4 is 53.0 Å². The number of nitrogens with one attached hydrogen (secondary N) is 3. The Labute approximate surface area is 219 Å². The SMILES string of the molecule is CCC1C(NC(=O)Nc2cc(Cl)cc(Cl)c2)C2C(C(=O)O)C2(CC)C1(NC(=O)OC(C)(C)C)C(=O)O. The van der Waals surface area contributed by atoms with Gasteiger partial charge in [0, 0.05) is 39.0 Å². The molecule has 1 aromatic carbocycles. The van der Waals surface area contributed by atoms with Crippen molar-refractivity contribution in [1.29, 1.82) is 0 Å². The quantitative estimate of drug-likeness (QED) is 0.336. The number of urea groups is 1. The third-order valence-corrected chi connectivity index (χ3v) is 7.69. The summed E-state index contributed by atoms with van der Waals surface area (Å²) in [7, 11) is 0. The topological polar surface area (TPSA) is 154 Å². The number of halogens is 2. The largest absolute Gasteiger partial charge is 0.481 e. The first-order valence-corrected chi connectivity index (χ1v) is 12.4. The van der Waals surface area contributed by atoms with Crippen molar-refractivity contribution < 1.29 is 34.1 Å². The van der Waals surface area contributed by atoms with Crippen LogP contribution >= 0.6 is 23.2 Å². The summed E-state index contributed by atoms with van der Waals surface area (Å²) in [6, 6.07) is 2.92. The number of amides is 3. The number of carbonyl (C=O) groups excluding carboxylic acids is 2. The first kappa shape index (κ1) is 27.9. The summed E-state index contributed by atoms with van der Waals surface area (Å²) >= 11 is 12.0. The molecule has 198 valence electrons. The van der Waals surface area contributed by atoms with Gasteiger partial charge in [0.1, 0.15) is 5.60 Å². The normalized spacial score (nSPS) is 30.6. The highest BCUT2D eigenvalue weighted by Crippen LogP contribution is 2.76. The van der Waals surface area contributed by atoms with Gasteiger partial charge in [0.15, 0.2) is 5.54 Å². The lowest BCUT2D eigenvalue weighted by atomic mass is 9.70. The minimum atomic E-state index is -1.98. The summed E-state index contributed by atoms with van der Waals surface area (Å²) in [5.74, 6) is -5.22. The van der Waals surface area contributed by atoms with Crippen molar-refractivity contribution in [2.24, 2.45) is 23.2 Å². The molecule has 36 heavy (non-hydrogen) atoms. The second kappa shape index (κ2) is 9.63. The predicted molar refractivity (Wildman–Crippen MR) is 133 cm³/mol. The first-order valence-electron chi connectivity index (χ1n) is 11.7. The molecule has 5 N–H and O–H groups in total. The third-order valence-electron chi connectivity index (χ3n) is 7.26. The number of fused-ring (bicyclic) bond motifs is 1. The molecule has 0 aromatic heterocycles. The molecule has 0 bridgehead atoms. The number of carboxylic acid groups (broad SMARTS) is 2. The predicted octanol–water partition coefficient (Wildman–Crippen LogP) is 4.60. The second-order valence-electron chi connectivity index (χ2n) is 10.3. The van der Waals surface area contributed by atoms with Crippen LogP contribution < -0.4 is 16.0 Å². The van der Waals surface area contributed by atoms with Crippen LogP contribution in [0.25, 0.3) is 0 Å². The van der Waals surface area contributed by atoms with Gasteiger partial charge < -0.3 is 30.9 Å². The lowest BCUT2D eigenvalue weighted by molar-refractivity contribution is -0.153. The third kappa shape index (κ3) is 4.56. The number of benzene rings is 1. The number of anilines is 1. The van der Waals surface area contributed by atoms with Crippen LogP contribution in [0.5, 0.6) is 0 Å². The molecule has 2 saturated carbocycles. The van der Waals surface area contributed by atoms with Crippen LogP contribution in [-0.4, -0.2) is 51.5 Å². The fraction of sp³-hybridized carbons (Fsp3) is 0.583. The van der Waals surface area contributed by atoms with Crippen LogP contribution in [0.4, 0.5) is 15.3 Å². The number of carbonyl (C=O) groups is 4. The molecular weight excluding hydrogens is 513 g/mol. The lowest BCUT2D eigenvalue weighted by Gasteiger charge is -2.42. The van der Waals surface area contributed by atoms with E-state index in [0.717, 1.165) is 0 Å². The van der Waals surface area contributed by atoms with Gasteiger partial charge in [-0.25, -0.2) is 14.4 Å². The van der Waals surface area contributed by atoms with Crippen molar-refractivity contribution in [1.82, 2.24) is 10.6 Å². The minimum Gasteiger partial charge on any atom is -0.481 e. The Hall–Kier alpha value is -2.72. The van der Waals surface area contributed by atoms with Gasteiger partial charge >= 0.3 is 24.1 Å². The lowest BCUT2D eigenvalue weighted by Crippen LogP contribution is -2.66. The first-order chi connectivity index (χ1) is 16.6. The maximum atomic E-state index is 13.0. The molecule has 3 rings (SSSR count). The number of alkyl carbamates (subject to hydrolysis) is 1. The summed E-state index contributed by atoms with van der Waals surface area (Å²) in [6.45, 7) is 8.33. The Morgan fingerprint density at radius 1 is 1.06 bits per heavy atom. The van der Waals surface area contributed by atoms with Crippen molar-refractivity contribution in [3.63, 3.8) is 0 Å². The minimum absolute atomic E-state index is 0.150. The Bertz CT molecular complexity index is 1070. The average Bonchev–Trinajstić information content (AvgIpc) is 3.35. The van der Waals surface area contributed by atoms with E-state index >= 15 is 0 Å². The van der Waals surface area contributed by atoms with Crippen LogP contribution in [0.1, 0.15) is 47.5 Å². The summed E-state index contributed by atoms with van der Waals surface area (Å²) < 4.78 is 5.35. The molecule has 12 heteroatoms. The second-order valence-corrected chi connectivity index (χ2v) is 11.1. The molecule has 0 spiro atoms. The number of aliphatic carboxylic acids is 2. The van der Waals surface area contributed by atoms with Gasteiger partial charge in [0.05, 0.1) is 5.92 Å². The van der Waals surface area contributed by atoms with Gasteiger partial charge in [0.2, 0.25) is 0 Å². The molecule has 0 saturated heterocycles. The van der Waals surface area contributed by atoms with E-state index in [2.05, 4.69) is 16.0 Å². The highest BCUT2D eigenvalue weighted by molar-refractivity contribution is 6.35. The smallest absolute Gasteiger partial charge is 0.408 e. The van der Waals surface area contributed by atoms with Gasteiger partial charge in [-0.2, -0.15) is 0 Å². The Morgan fingerprint density at radius 3 is 2.08 bits per heavy atom. The maximum Gasteiger partial charge on any atom is 0.408 e. The van der Waals surface area contributed by atoms with E-state index in [1.54, 1.807) is 34.6 Å². The summed E-state index contributed by atoms with van der Waals surface area (Å²) in [5, 5.41) is 29.1. The summed E-state index contributed by atoms with van der Waals surface area (Å²) in [4.78, 5) is 51.0. The fourth-order valence-electron chi connectivity index (χ4n) is 6.26. The molecule has 1 aromatic rings. The zero-order valence-corrected chi connectivity index (χ0v) is 22.2. The molecule has 0 heterocycles. The monoisotopic (exact) mass is 543 g/mol. The van der Waals surface area contributed by atoms with E-state index < -0.39 is 64.4 Å². The number of rotatable bonds is 7. The van der Waals surface area contributed by atoms with Gasteiger partial charge in [-0.15, -0.1) is 0 Å². The molecular formula is C24H31Cl2N3O7. The van der Waals surface area contributed by atoms with Crippen LogP contribution in [0.3, 0.4) is 0 Å². The van der Waals surface area contributed by atoms with E-state index in [1.165, 1.54) is 18.2 Å². The van der Waals surface area contributed by atoms with E-state index in [9.17, 15) is 29.4 Å². The van der Waals surface area contributed by atoms with Crippen molar-refractivity contribution in [2.75, 3.05) is 5.32 Å². The molecule has 6 atom stereocenters. The van der Waals surface area contributed by atoms with Gasteiger partial charge in [-0.1, -0.05) is 37.0 Å². The summed E-state index contributed by atoms with van der Waals surface area (Å²) in [5.41, 5.74) is -3.92. The number of ether oxygens (including phenoxy) is 1. The maximum absolute atomic E-state index is 13.0. The molecule has 3 amide bonds. The average molecular weight is 544 g/mol. The molecule has 2 aliphatic rings. The van der Waals surface area contributed by atoms with Crippen molar-refractivity contribution in [2.45, 2.75) is 64.6 Å². The van der Waals surface area contributed by atoms with Crippen molar-refractivity contribution in [3.8, 4) is 0 Å². The zero-order valence-electron chi connectivity index (χ0n) is 20.6. The number of hydrogen-bond acceptors (Lipinski definition) is 5. The van der Waals surface area contributed by atoms with E-state index in [0.29, 0.717) is 15.7 Å². The molecule has 0 radical (unpaired) electrons. The molecule has 2 aliphatic carbocycles. The van der Waals surface area contributed by atoms with E-state index in [1.807, 2.05) is 0 Å². The van der Waals surface area contributed by atoms with Gasteiger partial charge in [-0.3, -0.25) is 4.79 Å². The van der Waals surface area contributed by atoms with Crippen molar-refractivity contribution in [3.05, 3.63) is 28.2 Å². The highest BCUT2D eigenvalue weighted by Gasteiger charge is 2.88. The molecule has 10 nitrogen and oxygen atoms in total. The fourth-order valence-corrected chi connectivity index (χ4v) is 6.78. The summed E-state index contributed by atoms with van der Waals surface area (Å²) in [6.07, 6.45) is -0.581. The highest BCUT2D eigenvalue weighted by atomic mass is 35.5. The Morgan fingerprint density at radius 2 is 1.64 bits per heavy atom. The van der Waals surface area contributed by atoms with Crippen LogP contribution in [0, 0.1) is 23.2 Å². The van der Waals surface area contributed by atoms with Gasteiger partial charge in [0.25, 0.3) is 0 Å². The number of carboxylic acids is 2. The standard InChI is InChI=1S/C24H31Cl2N3O7/c1-6-14-17(28-20(34)27-13-9-11(25)8-12(26)10-13)15-16(18(30)31)23(15,7-2)24(14,19(32)33)29-21(35)36-22(3,4)5/h8-10,14-17H,6-7H2,1-5H3,(H,29,35)(H,30,31)(H,32,33)(H2,27,28,34). The zero-order chi connectivity index (χ0) is 27.2. The van der Waals surface area contributed by atoms with E-state index in [4.69, 9.17) is 27.9 Å².